The topological polar surface area (TPSA) is 29.3 Å². The molecule has 0 radical (unpaired) electrons. The van der Waals surface area contributed by atoms with Crippen molar-refractivity contribution in [3.8, 4) is 0 Å². The zero-order chi connectivity index (χ0) is 12.1. The summed E-state index contributed by atoms with van der Waals surface area (Å²) in [5, 5.41) is 0.739. The van der Waals surface area contributed by atoms with Gasteiger partial charge in [0.05, 0.1) is 0 Å². The fourth-order valence-electron chi connectivity index (χ4n) is 1.55. The molecule has 1 atom stereocenters. The second-order valence-corrected chi connectivity index (χ2v) is 4.48. The number of benzene rings is 1. The van der Waals surface area contributed by atoms with Crippen LogP contribution in [0.15, 0.2) is 30.9 Å². The summed E-state index contributed by atoms with van der Waals surface area (Å²) in [4.78, 5) is 2.02. The summed E-state index contributed by atoms with van der Waals surface area (Å²) in [5.41, 5.74) is 8.16. The molecular formula is C13H20Cl2N2. The van der Waals surface area contributed by atoms with Gasteiger partial charge in [-0.15, -0.1) is 19.0 Å². The largest absolute Gasteiger partial charge is 0.378 e. The van der Waals surface area contributed by atoms with Crippen LogP contribution in [0.1, 0.15) is 24.4 Å². The van der Waals surface area contributed by atoms with Gasteiger partial charge in [-0.2, -0.15) is 0 Å². The van der Waals surface area contributed by atoms with Crippen LogP contribution in [0, 0.1) is 0 Å². The summed E-state index contributed by atoms with van der Waals surface area (Å²) in [6, 6.07) is 5.98. The van der Waals surface area contributed by atoms with Crippen LogP contribution in [-0.4, -0.2) is 14.1 Å². The second-order valence-electron chi connectivity index (χ2n) is 4.07. The van der Waals surface area contributed by atoms with Gasteiger partial charge in [0.2, 0.25) is 0 Å². The first kappa shape index (κ1) is 16.3. The second kappa shape index (κ2) is 7.59. The zero-order valence-corrected chi connectivity index (χ0v) is 11.9. The first-order valence-electron chi connectivity index (χ1n) is 5.39. The average molecular weight is 275 g/mol. The molecule has 0 heterocycles. The molecule has 2 N–H and O–H groups in total. The van der Waals surface area contributed by atoms with Crippen LogP contribution in [0.2, 0.25) is 5.02 Å². The third-order valence-corrected chi connectivity index (χ3v) is 2.91. The predicted octanol–water partition coefficient (Wildman–Crippen LogP) is 3.79. The van der Waals surface area contributed by atoms with E-state index in [9.17, 15) is 0 Å². The maximum Gasteiger partial charge on any atom is 0.0474 e. The lowest BCUT2D eigenvalue weighted by Gasteiger charge is -2.17. The molecule has 0 saturated carbocycles. The van der Waals surface area contributed by atoms with E-state index in [1.54, 1.807) is 0 Å². The van der Waals surface area contributed by atoms with Crippen molar-refractivity contribution in [2.45, 2.75) is 18.9 Å². The Morgan fingerprint density at radius 3 is 2.59 bits per heavy atom. The molecule has 0 saturated heterocycles. The van der Waals surface area contributed by atoms with Gasteiger partial charge < -0.3 is 10.6 Å². The molecular weight excluding hydrogens is 255 g/mol. The minimum atomic E-state index is -0.0123. The van der Waals surface area contributed by atoms with Crippen molar-refractivity contribution in [1.82, 2.24) is 0 Å². The molecule has 0 aliphatic rings. The number of hydrogen-bond donors (Lipinski definition) is 1. The van der Waals surface area contributed by atoms with Crippen molar-refractivity contribution < 1.29 is 0 Å². The van der Waals surface area contributed by atoms with E-state index in [2.05, 4.69) is 6.58 Å². The third kappa shape index (κ3) is 4.58. The molecule has 0 aliphatic carbocycles. The minimum Gasteiger partial charge on any atom is -0.378 e. The van der Waals surface area contributed by atoms with E-state index in [-0.39, 0.29) is 18.4 Å². The highest BCUT2D eigenvalue weighted by atomic mass is 35.5. The fraction of sp³-hybridized carbons (Fsp3) is 0.385. The quantitative estimate of drug-likeness (QED) is 0.828. The SMILES string of the molecule is C=CCC[C@@H](N)c1ccc(N(C)C)cc1Cl.Cl. The first-order valence-corrected chi connectivity index (χ1v) is 5.77. The highest BCUT2D eigenvalue weighted by Gasteiger charge is 2.10. The molecule has 1 aromatic rings. The van der Waals surface area contributed by atoms with Crippen LogP contribution in [0.4, 0.5) is 5.69 Å². The summed E-state index contributed by atoms with van der Waals surface area (Å²) in [6.07, 6.45) is 3.67. The summed E-state index contributed by atoms with van der Waals surface area (Å²) >= 11 is 6.21. The van der Waals surface area contributed by atoms with Gasteiger partial charge in [0.1, 0.15) is 0 Å². The lowest BCUT2D eigenvalue weighted by Crippen LogP contribution is -2.12. The van der Waals surface area contributed by atoms with Crippen molar-refractivity contribution in [2.75, 3.05) is 19.0 Å². The smallest absolute Gasteiger partial charge is 0.0474 e. The molecule has 0 bridgehead atoms. The molecule has 4 heteroatoms. The van der Waals surface area contributed by atoms with Gasteiger partial charge in [-0.3, -0.25) is 0 Å². The van der Waals surface area contributed by atoms with E-state index in [1.807, 2.05) is 43.3 Å². The molecule has 1 rings (SSSR count). The fourth-order valence-corrected chi connectivity index (χ4v) is 1.86. The van der Waals surface area contributed by atoms with Gasteiger partial charge in [0.25, 0.3) is 0 Å². The van der Waals surface area contributed by atoms with Crippen LogP contribution >= 0.6 is 24.0 Å². The number of nitrogens with zero attached hydrogens (tertiary/aromatic N) is 1. The van der Waals surface area contributed by atoms with E-state index in [0.29, 0.717) is 0 Å². The van der Waals surface area contributed by atoms with E-state index < -0.39 is 0 Å². The molecule has 0 aliphatic heterocycles. The normalized spacial score (nSPS) is 11.5. The highest BCUT2D eigenvalue weighted by molar-refractivity contribution is 6.31. The molecule has 0 amide bonds. The number of hydrogen-bond acceptors (Lipinski definition) is 2. The lowest BCUT2D eigenvalue weighted by atomic mass is 10.0. The Morgan fingerprint density at radius 2 is 2.12 bits per heavy atom. The number of rotatable bonds is 5. The van der Waals surface area contributed by atoms with Gasteiger partial charge in [-0.25, -0.2) is 0 Å². The van der Waals surface area contributed by atoms with Crippen LogP contribution in [0.25, 0.3) is 0 Å². The Morgan fingerprint density at radius 1 is 1.47 bits per heavy atom. The summed E-state index contributed by atoms with van der Waals surface area (Å²) in [5.74, 6) is 0. The highest BCUT2D eigenvalue weighted by Crippen LogP contribution is 2.28. The molecule has 1 aromatic carbocycles. The van der Waals surface area contributed by atoms with Crippen molar-refractivity contribution >= 4 is 29.7 Å². The van der Waals surface area contributed by atoms with E-state index in [4.69, 9.17) is 17.3 Å². The van der Waals surface area contributed by atoms with E-state index >= 15 is 0 Å². The van der Waals surface area contributed by atoms with Gasteiger partial charge in [-0.05, 0) is 30.5 Å². The zero-order valence-electron chi connectivity index (χ0n) is 10.3. The summed E-state index contributed by atoms with van der Waals surface area (Å²) in [6.45, 7) is 3.69. The van der Waals surface area contributed by atoms with Crippen molar-refractivity contribution in [3.05, 3.63) is 41.4 Å². The molecule has 17 heavy (non-hydrogen) atoms. The first-order chi connectivity index (χ1) is 7.56. The standard InChI is InChI=1S/C13H19ClN2.ClH/c1-4-5-6-13(15)11-8-7-10(16(2)3)9-12(11)14;/h4,7-9,13H,1,5-6,15H2,2-3H3;1H/t13-;/m1./s1. The summed E-state index contributed by atoms with van der Waals surface area (Å²) in [7, 11) is 3.98. The van der Waals surface area contributed by atoms with Gasteiger partial charge in [-0.1, -0.05) is 23.7 Å². The average Bonchev–Trinajstić information content (AvgIpc) is 2.25. The Balaban J connectivity index is 0.00000256. The molecule has 0 spiro atoms. The number of anilines is 1. The summed E-state index contributed by atoms with van der Waals surface area (Å²) < 4.78 is 0. The van der Waals surface area contributed by atoms with E-state index in [0.717, 1.165) is 29.1 Å². The number of allylic oxidation sites excluding steroid dienone is 1. The third-order valence-electron chi connectivity index (χ3n) is 2.58. The molecule has 0 unspecified atom stereocenters. The van der Waals surface area contributed by atoms with Crippen LogP contribution in [0.3, 0.4) is 0 Å². The Kier molecular flexibility index (Phi) is 7.28. The number of halogens is 2. The maximum absolute atomic E-state index is 6.21. The van der Waals surface area contributed by atoms with Gasteiger partial charge >= 0.3 is 0 Å². The predicted molar refractivity (Wildman–Crippen MR) is 79.4 cm³/mol. The maximum atomic E-state index is 6.21. The molecule has 0 aromatic heterocycles. The van der Waals surface area contributed by atoms with Crippen molar-refractivity contribution in [2.24, 2.45) is 5.73 Å². The minimum absolute atomic E-state index is 0. The van der Waals surface area contributed by atoms with Crippen molar-refractivity contribution in [1.29, 1.82) is 0 Å². The van der Waals surface area contributed by atoms with Crippen LogP contribution < -0.4 is 10.6 Å². The molecule has 96 valence electrons. The Hall–Kier alpha value is -0.700. The van der Waals surface area contributed by atoms with Crippen LogP contribution in [-0.2, 0) is 0 Å². The molecule has 2 nitrogen and oxygen atoms in total. The monoisotopic (exact) mass is 274 g/mol. The van der Waals surface area contributed by atoms with Crippen LogP contribution in [0.5, 0.6) is 0 Å². The number of nitrogens with two attached hydrogens (primary N) is 1. The van der Waals surface area contributed by atoms with Gasteiger partial charge in [0.15, 0.2) is 0 Å². The Labute approximate surface area is 115 Å². The Bertz CT molecular complexity index is 364. The van der Waals surface area contributed by atoms with E-state index in [1.165, 1.54) is 0 Å². The van der Waals surface area contributed by atoms with Gasteiger partial charge in [0, 0.05) is 30.8 Å². The molecule has 0 fully saturated rings. The lowest BCUT2D eigenvalue weighted by molar-refractivity contribution is 0.661. The van der Waals surface area contributed by atoms with Crippen molar-refractivity contribution in [3.63, 3.8) is 0 Å².